The van der Waals surface area contributed by atoms with Gasteiger partial charge in [-0.1, -0.05) is 103 Å². The molecular formula is C24H22N2O2S. The fourth-order valence-corrected chi connectivity index (χ4v) is 4.57. The number of rotatable bonds is 7. The summed E-state index contributed by atoms with van der Waals surface area (Å²) in [6.07, 6.45) is 0. The van der Waals surface area contributed by atoms with Crippen molar-refractivity contribution >= 4 is 22.9 Å². The van der Waals surface area contributed by atoms with Crippen molar-refractivity contribution in [2.24, 2.45) is 0 Å². The molecule has 0 bridgehead atoms. The SMILES string of the molecule is O=C1CSC(=O)N1CCNC(c1ccccc1)(c1ccccc1)c1ccccc1. The van der Waals surface area contributed by atoms with Gasteiger partial charge >= 0.3 is 0 Å². The number of nitrogens with one attached hydrogen (secondary N) is 1. The number of amides is 2. The van der Waals surface area contributed by atoms with E-state index >= 15 is 0 Å². The predicted octanol–water partition coefficient (Wildman–Crippen LogP) is 4.26. The Balaban J connectivity index is 1.75. The monoisotopic (exact) mass is 402 g/mol. The van der Waals surface area contributed by atoms with Crippen LogP contribution >= 0.6 is 11.8 Å². The van der Waals surface area contributed by atoms with Crippen molar-refractivity contribution < 1.29 is 9.59 Å². The first kappa shape index (κ1) is 19.4. The molecule has 0 aliphatic carbocycles. The van der Waals surface area contributed by atoms with Gasteiger partial charge in [0.1, 0.15) is 0 Å². The fraction of sp³-hybridized carbons (Fsp3) is 0.167. The molecule has 3 aromatic rings. The van der Waals surface area contributed by atoms with Crippen LogP contribution in [0.1, 0.15) is 16.7 Å². The Hall–Kier alpha value is -2.89. The van der Waals surface area contributed by atoms with E-state index in [0.717, 1.165) is 28.5 Å². The molecule has 1 aliphatic rings. The van der Waals surface area contributed by atoms with Gasteiger partial charge < -0.3 is 0 Å². The van der Waals surface area contributed by atoms with Crippen molar-refractivity contribution in [1.29, 1.82) is 0 Å². The highest BCUT2D eigenvalue weighted by molar-refractivity contribution is 8.14. The minimum Gasteiger partial charge on any atom is -0.298 e. The van der Waals surface area contributed by atoms with E-state index < -0.39 is 5.54 Å². The number of hydrogen-bond acceptors (Lipinski definition) is 4. The van der Waals surface area contributed by atoms with Crippen molar-refractivity contribution in [2.45, 2.75) is 5.54 Å². The molecule has 4 nitrogen and oxygen atoms in total. The number of nitrogens with zero attached hydrogens (tertiary/aromatic N) is 1. The second-order valence-electron chi connectivity index (χ2n) is 6.87. The van der Waals surface area contributed by atoms with Crippen molar-refractivity contribution in [3.8, 4) is 0 Å². The second-order valence-corrected chi connectivity index (χ2v) is 7.80. The highest BCUT2D eigenvalue weighted by Crippen LogP contribution is 2.36. The first-order chi connectivity index (χ1) is 14.2. The maximum atomic E-state index is 12.0. The summed E-state index contributed by atoms with van der Waals surface area (Å²) in [5, 5.41) is 3.53. The van der Waals surface area contributed by atoms with Gasteiger partial charge in [0.2, 0.25) is 5.91 Å². The van der Waals surface area contributed by atoms with Gasteiger partial charge in [-0.15, -0.1) is 0 Å². The highest BCUT2D eigenvalue weighted by atomic mass is 32.2. The zero-order valence-electron chi connectivity index (χ0n) is 16.0. The molecule has 0 aromatic heterocycles. The second kappa shape index (κ2) is 8.64. The van der Waals surface area contributed by atoms with Gasteiger partial charge in [-0.3, -0.25) is 19.8 Å². The first-order valence-electron chi connectivity index (χ1n) is 9.60. The number of hydrogen-bond donors (Lipinski definition) is 1. The lowest BCUT2D eigenvalue weighted by Crippen LogP contribution is -2.48. The van der Waals surface area contributed by atoms with Gasteiger partial charge in [-0.25, -0.2) is 0 Å². The number of benzene rings is 3. The van der Waals surface area contributed by atoms with Gasteiger partial charge in [-0.2, -0.15) is 0 Å². The lowest BCUT2D eigenvalue weighted by Gasteiger charge is -2.37. The van der Waals surface area contributed by atoms with E-state index in [1.165, 1.54) is 4.90 Å². The molecular weight excluding hydrogens is 380 g/mol. The summed E-state index contributed by atoms with van der Waals surface area (Å²) in [5.41, 5.74) is 2.71. The molecule has 1 aliphatic heterocycles. The molecule has 5 heteroatoms. The van der Waals surface area contributed by atoms with Crippen LogP contribution in [0.15, 0.2) is 91.0 Å². The third kappa shape index (κ3) is 3.84. The average molecular weight is 403 g/mol. The number of imide groups is 1. The van der Waals surface area contributed by atoms with E-state index in [1.807, 2.05) is 54.6 Å². The van der Waals surface area contributed by atoms with Gasteiger partial charge in [0.05, 0.1) is 11.3 Å². The minimum absolute atomic E-state index is 0.119. The topological polar surface area (TPSA) is 49.4 Å². The van der Waals surface area contributed by atoms with Crippen molar-refractivity contribution in [2.75, 3.05) is 18.8 Å². The summed E-state index contributed by atoms with van der Waals surface area (Å²) >= 11 is 1.07. The summed E-state index contributed by atoms with van der Waals surface area (Å²) in [6, 6.07) is 30.8. The van der Waals surface area contributed by atoms with Crippen LogP contribution in [0.25, 0.3) is 0 Å². The quantitative estimate of drug-likeness (QED) is 0.600. The first-order valence-corrected chi connectivity index (χ1v) is 10.6. The summed E-state index contributed by atoms with van der Waals surface area (Å²) in [4.78, 5) is 25.3. The third-order valence-corrected chi connectivity index (χ3v) is 6.05. The lowest BCUT2D eigenvalue weighted by atomic mass is 9.77. The van der Waals surface area contributed by atoms with Crippen LogP contribution in [0.5, 0.6) is 0 Å². The van der Waals surface area contributed by atoms with Crippen molar-refractivity contribution in [1.82, 2.24) is 10.2 Å². The zero-order valence-corrected chi connectivity index (χ0v) is 16.8. The third-order valence-electron chi connectivity index (χ3n) is 5.19. The molecule has 1 N–H and O–H groups in total. The van der Waals surface area contributed by atoms with Gasteiger partial charge in [-0.05, 0) is 16.7 Å². The molecule has 0 unspecified atom stereocenters. The Morgan fingerprint density at radius 1 is 0.759 bits per heavy atom. The Labute approximate surface area is 174 Å². The van der Waals surface area contributed by atoms with Crippen LogP contribution in [0.2, 0.25) is 0 Å². The zero-order chi connectivity index (χ0) is 20.1. The number of thioether (sulfide) groups is 1. The van der Waals surface area contributed by atoms with Crippen LogP contribution in [0.4, 0.5) is 4.79 Å². The molecule has 0 radical (unpaired) electrons. The largest absolute Gasteiger partial charge is 0.298 e. The molecule has 0 atom stereocenters. The Morgan fingerprint density at radius 3 is 1.59 bits per heavy atom. The average Bonchev–Trinajstić information content (AvgIpc) is 3.11. The summed E-state index contributed by atoms with van der Waals surface area (Å²) in [7, 11) is 0. The molecule has 146 valence electrons. The normalized spacial score (nSPS) is 14.4. The lowest BCUT2D eigenvalue weighted by molar-refractivity contribution is -0.124. The van der Waals surface area contributed by atoms with E-state index in [9.17, 15) is 9.59 Å². The van der Waals surface area contributed by atoms with Gasteiger partial charge in [0.25, 0.3) is 5.24 Å². The van der Waals surface area contributed by atoms with Crippen LogP contribution in [0, 0.1) is 0 Å². The van der Waals surface area contributed by atoms with Gasteiger partial charge in [0.15, 0.2) is 0 Å². The van der Waals surface area contributed by atoms with Crippen LogP contribution in [-0.4, -0.2) is 34.9 Å². The molecule has 1 saturated heterocycles. The minimum atomic E-state index is -0.595. The van der Waals surface area contributed by atoms with Crippen LogP contribution in [-0.2, 0) is 10.3 Å². The number of carbonyl (C=O) groups is 2. The summed E-state index contributed by atoms with van der Waals surface area (Å²) < 4.78 is 0. The van der Waals surface area contributed by atoms with E-state index in [0.29, 0.717) is 13.1 Å². The van der Waals surface area contributed by atoms with Crippen LogP contribution in [0.3, 0.4) is 0 Å². The smallest absolute Gasteiger partial charge is 0.288 e. The van der Waals surface area contributed by atoms with Crippen LogP contribution < -0.4 is 5.32 Å². The molecule has 3 aromatic carbocycles. The highest BCUT2D eigenvalue weighted by Gasteiger charge is 2.36. The Bertz CT molecular complexity index is 865. The van der Waals surface area contributed by atoms with Crippen molar-refractivity contribution in [3.05, 3.63) is 108 Å². The number of carbonyl (C=O) groups excluding carboxylic acids is 2. The predicted molar refractivity (Wildman–Crippen MR) is 117 cm³/mol. The molecule has 1 fully saturated rings. The molecule has 2 amide bonds. The maximum absolute atomic E-state index is 12.0. The Kier molecular flexibility index (Phi) is 5.79. The molecule has 1 heterocycles. The molecule has 0 saturated carbocycles. The van der Waals surface area contributed by atoms with E-state index in [-0.39, 0.29) is 16.9 Å². The maximum Gasteiger partial charge on any atom is 0.288 e. The Morgan fingerprint density at radius 2 is 1.21 bits per heavy atom. The van der Waals surface area contributed by atoms with E-state index in [4.69, 9.17) is 0 Å². The fourth-order valence-electron chi connectivity index (χ4n) is 3.82. The van der Waals surface area contributed by atoms with Crippen molar-refractivity contribution in [3.63, 3.8) is 0 Å². The molecule has 29 heavy (non-hydrogen) atoms. The standard InChI is InChI=1S/C24H22N2O2S/c27-22-18-29-23(28)26(22)17-16-25-24(19-10-4-1-5-11-19,20-12-6-2-7-13-20)21-14-8-3-9-15-21/h1-15,25H,16-18H2. The summed E-state index contributed by atoms with van der Waals surface area (Å²) in [5.74, 6) is 0.117. The van der Waals surface area contributed by atoms with E-state index in [1.54, 1.807) is 0 Å². The molecule has 4 rings (SSSR count). The van der Waals surface area contributed by atoms with E-state index in [2.05, 4.69) is 41.7 Å². The summed E-state index contributed by atoms with van der Waals surface area (Å²) in [6.45, 7) is 0.829. The van der Waals surface area contributed by atoms with Gasteiger partial charge in [0, 0.05) is 13.1 Å². The molecule has 0 spiro atoms.